The van der Waals surface area contributed by atoms with Gasteiger partial charge in [-0.15, -0.1) is 0 Å². The first-order chi connectivity index (χ1) is 18.7. The Bertz CT molecular complexity index is 1270. The van der Waals surface area contributed by atoms with Crippen molar-refractivity contribution in [3.05, 3.63) is 18.0 Å². The predicted molar refractivity (Wildman–Crippen MR) is 146 cm³/mol. The number of pyridine rings is 1. The number of aromatic nitrogens is 2. The maximum absolute atomic E-state index is 13.4. The van der Waals surface area contributed by atoms with E-state index in [2.05, 4.69) is 20.0 Å². The van der Waals surface area contributed by atoms with E-state index in [1.54, 1.807) is 13.8 Å². The maximum atomic E-state index is 13.4. The highest BCUT2D eigenvalue weighted by molar-refractivity contribution is 7.89. The summed E-state index contributed by atoms with van der Waals surface area (Å²) in [5.74, 6) is -0.244. The Balaban J connectivity index is 1.46. The molecule has 2 fully saturated rings. The normalized spacial score (nSPS) is 20.4. The number of aryl methyl sites for hydroxylation is 1. The van der Waals surface area contributed by atoms with Crippen LogP contribution in [-0.2, 0) is 29.1 Å². The highest BCUT2D eigenvalue weighted by Gasteiger charge is 2.31. The van der Waals surface area contributed by atoms with E-state index in [1.807, 2.05) is 0 Å². The molecule has 1 saturated carbocycles. The number of nitrogens with zero attached hydrogens (tertiary/aromatic N) is 2. The zero-order chi connectivity index (χ0) is 28.0. The average Bonchev–Trinajstić information content (AvgIpc) is 3.28. The number of esters is 1. The van der Waals surface area contributed by atoms with E-state index in [4.69, 9.17) is 14.2 Å². The lowest BCUT2D eigenvalue weighted by atomic mass is 9.86. The Labute approximate surface area is 233 Å². The van der Waals surface area contributed by atoms with Crippen molar-refractivity contribution in [2.45, 2.75) is 69.7 Å². The molecular weight excluding hydrogens is 544 g/mol. The number of sulfonamides is 1. The second-order valence-electron chi connectivity index (χ2n) is 9.89. The summed E-state index contributed by atoms with van der Waals surface area (Å²) in [4.78, 5) is 34.0. The number of hydrogen-bond donors (Lipinski definition) is 2. The molecule has 39 heavy (non-hydrogen) atoms. The summed E-state index contributed by atoms with van der Waals surface area (Å²) in [5, 5.41) is 3.34. The van der Waals surface area contributed by atoms with Gasteiger partial charge in [0.15, 0.2) is 5.13 Å². The van der Waals surface area contributed by atoms with Crippen LogP contribution in [-0.4, -0.2) is 63.2 Å². The third-order valence-corrected chi connectivity index (χ3v) is 9.73. The third-order valence-electron chi connectivity index (χ3n) is 7.09. The number of anilines is 1. The van der Waals surface area contributed by atoms with Gasteiger partial charge in [-0.3, -0.25) is 9.59 Å². The minimum atomic E-state index is -3.97. The van der Waals surface area contributed by atoms with Gasteiger partial charge in [-0.25, -0.2) is 23.1 Å². The molecule has 0 aromatic carbocycles. The molecule has 2 N–H and O–H groups in total. The van der Waals surface area contributed by atoms with E-state index in [0.717, 1.165) is 12.8 Å². The molecule has 1 aliphatic heterocycles. The van der Waals surface area contributed by atoms with Crippen molar-refractivity contribution in [3.63, 3.8) is 0 Å². The monoisotopic (exact) mass is 580 g/mol. The number of carbonyl (C=O) groups excluding carboxylic acids is 2. The number of hydrogen-bond acceptors (Lipinski definition) is 10. The molecule has 0 unspecified atom stereocenters. The van der Waals surface area contributed by atoms with Crippen LogP contribution in [0.15, 0.2) is 17.2 Å². The molecule has 11 nitrogen and oxygen atoms in total. The summed E-state index contributed by atoms with van der Waals surface area (Å²) in [6.07, 6.45) is 5.87. The standard InChI is InChI=1S/C26H36N4O7S2/c1-4-37-25(32)18-5-7-20(8-6-18)30-39(33,34)21-14-19(15-27-24(21)35-3)23-16(2)28-26(38-23)29-22(31)13-17-9-11-36-12-10-17/h14-15,17-18,20,30H,4-13H2,1-3H3,(H,28,29,31). The van der Waals surface area contributed by atoms with E-state index < -0.39 is 10.0 Å². The molecule has 0 radical (unpaired) electrons. The topological polar surface area (TPSA) is 146 Å². The smallest absolute Gasteiger partial charge is 0.308 e. The van der Waals surface area contributed by atoms with Gasteiger partial charge in [0.2, 0.25) is 21.8 Å². The molecule has 214 valence electrons. The molecule has 4 rings (SSSR count). The SMILES string of the molecule is CCOC(=O)C1CCC(NS(=O)(=O)c2cc(-c3sc(NC(=O)CC4CCOCC4)nc3C)cnc2OC)CC1. The van der Waals surface area contributed by atoms with Crippen molar-refractivity contribution >= 4 is 38.4 Å². The molecule has 2 aromatic heterocycles. The Morgan fingerprint density at radius 1 is 1.15 bits per heavy atom. The number of thiazole rings is 1. The van der Waals surface area contributed by atoms with E-state index in [9.17, 15) is 18.0 Å². The molecule has 2 aliphatic rings. The first-order valence-corrected chi connectivity index (χ1v) is 15.6. The van der Waals surface area contributed by atoms with Crippen LogP contribution in [0.25, 0.3) is 10.4 Å². The van der Waals surface area contributed by atoms with Gasteiger partial charge >= 0.3 is 5.97 Å². The maximum Gasteiger partial charge on any atom is 0.308 e. The zero-order valence-electron chi connectivity index (χ0n) is 22.5. The third kappa shape index (κ3) is 7.53. The summed E-state index contributed by atoms with van der Waals surface area (Å²) in [5.41, 5.74) is 1.21. The second-order valence-corrected chi connectivity index (χ2v) is 12.6. The first-order valence-electron chi connectivity index (χ1n) is 13.3. The Morgan fingerprint density at radius 2 is 1.87 bits per heavy atom. The van der Waals surface area contributed by atoms with Crippen LogP contribution in [0.2, 0.25) is 0 Å². The molecule has 1 saturated heterocycles. The average molecular weight is 581 g/mol. The van der Waals surface area contributed by atoms with Gasteiger partial charge in [-0.2, -0.15) is 0 Å². The van der Waals surface area contributed by atoms with Gasteiger partial charge in [0.1, 0.15) is 4.90 Å². The summed E-state index contributed by atoms with van der Waals surface area (Å²) in [6, 6.07) is 1.21. The lowest BCUT2D eigenvalue weighted by Gasteiger charge is -2.27. The van der Waals surface area contributed by atoms with E-state index in [0.29, 0.717) is 79.1 Å². The number of carbonyl (C=O) groups is 2. The van der Waals surface area contributed by atoms with Gasteiger partial charge in [0.05, 0.1) is 30.2 Å². The molecule has 0 spiro atoms. The quantitative estimate of drug-likeness (QED) is 0.402. The molecule has 0 bridgehead atoms. The van der Waals surface area contributed by atoms with Gasteiger partial charge in [-0.05, 0) is 64.4 Å². The van der Waals surface area contributed by atoms with Crippen LogP contribution >= 0.6 is 11.3 Å². The van der Waals surface area contributed by atoms with Crippen molar-refractivity contribution < 1.29 is 32.2 Å². The Morgan fingerprint density at radius 3 is 2.54 bits per heavy atom. The van der Waals surface area contributed by atoms with Crippen molar-refractivity contribution in [2.75, 3.05) is 32.2 Å². The van der Waals surface area contributed by atoms with Gasteiger partial charge in [0.25, 0.3) is 0 Å². The number of amides is 1. The summed E-state index contributed by atoms with van der Waals surface area (Å²) in [6.45, 7) is 5.26. The van der Waals surface area contributed by atoms with Crippen LogP contribution in [0.5, 0.6) is 5.88 Å². The lowest BCUT2D eigenvalue weighted by molar-refractivity contribution is -0.149. The van der Waals surface area contributed by atoms with Crippen molar-refractivity contribution in [3.8, 4) is 16.3 Å². The molecule has 13 heteroatoms. The molecule has 3 heterocycles. The van der Waals surface area contributed by atoms with Crippen molar-refractivity contribution in [1.29, 1.82) is 0 Å². The number of rotatable bonds is 10. The van der Waals surface area contributed by atoms with Crippen LogP contribution in [0.4, 0.5) is 5.13 Å². The molecule has 1 amide bonds. The second kappa shape index (κ2) is 13.2. The fourth-order valence-corrected chi connectivity index (χ4v) is 7.41. The highest BCUT2D eigenvalue weighted by Crippen LogP contribution is 2.36. The largest absolute Gasteiger partial charge is 0.480 e. The number of ether oxygens (including phenoxy) is 3. The summed E-state index contributed by atoms with van der Waals surface area (Å²) in [7, 11) is -2.60. The van der Waals surface area contributed by atoms with Gasteiger partial charge in [-0.1, -0.05) is 11.3 Å². The van der Waals surface area contributed by atoms with E-state index in [1.165, 1.54) is 30.7 Å². The molecule has 1 aliphatic carbocycles. The fourth-order valence-electron chi connectivity index (χ4n) is 4.99. The van der Waals surface area contributed by atoms with Crippen LogP contribution in [0, 0.1) is 18.8 Å². The minimum Gasteiger partial charge on any atom is -0.480 e. The Hall–Kier alpha value is -2.61. The van der Waals surface area contributed by atoms with Crippen LogP contribution in [0.3, 0.4) is 0 Å². The van der Waals surface area contributed by atoms with Crippen molar-refractivity contribution in [2.24, 2.45) is 11.8 Å². The highest BCUT2D eigenvalue weighted by atomic mass is 32.2. The molecule has 0 atom stereocenters. The molecule has 2 aromatic rings. The van der Waals surface area contributed by atoms with Crippen LogP contribution in [0.1, 0.15) is 57.6 Å². The van der Waals surface area contributed by atoms with Gasteiger partial charge < -0.3 is 19.5 Å². The summed E-state index contributed by atoms with van der Waals surface area (Å²) >= 11 is 1.27. The predicted octanol–water partition coefficient (Wildman–Crippen LogP) is 3.68. The van der Waals surface area contributed by atoms with E-state index in [-0.39, 0.29) is 34.6 Å². The summed E-state index contributed by atoms with van der Waals surface area (Å²) < 4.78 is 45.3. The Kier molecular flexibility index (Phi) is 9.91. The van der Waals surface area contributed by atoms with Crippen LogP contribution < -0.4 is 14.8 Å². The van der Waals surface area contributed by atoms with Gasteiger partial charge in [0, 0.05) is 37.4 Å². The minimum absolute atomic E-state index is 0.0152. The number of nitrogens with one attached hydrogen (secondary N) is 2. The lowest BCUT2D eigenvalue weighted by Crippen LogP contribution is -2.39. The molecular formula is C26H36N4O7S2. The zero-order valence-corrected chi connectivity index (χ0v) is 24.2. The fraction of sp³-hybridized carbons (Fsp3) is 0.615. The van der Waals surface area contributed by atoms with E-state index >= 15 is 0 Å². The first kappa shape index (κ1) is 29.4. The van der Waals surface area contributed by atoms with Crippen molar-refractivity contribution in [1.82, 2.24) is 14.7 Å². The number of methoxy groups -OCH3 is 1.